The lowest BCUT2D eigenvalue weighted by Crippen LogP contribution is -2.49. The Kier molecular flexibility index (Phi) is 15.5. The molecule has 0 amide bonds. The van der Waals surface area contributed by atoms with Gasteiger partial charge < -0.3 is 9.80 Å². The zero-order valence-electron chi connectivity index (χ0n) is 39.5. The minimum Gasteiger partial charge on any atom is -0.345 e. The van der Waals surface area contributed by atoms with Crippen LogP contribution in [-0.4, -0.2) is 87.8 Å². The molecular weight excluding hydrogens is 948 g/mol. The van der Waals surface area contributed by atoms with Crippen molar-refractivity contribution in [1.82, 2.24) is 18.6 Å². The number of rotatable bonds is 10. The van der Waals surface area contributed by atoms with Crippen molar-refractivity contribution >= 4 is 76.2 Å². The molecule has 16 heteroatoms. The summed E-state index contributed by atoms with van der Waals surface area (Å²) in [5.74, 6) is 0. The first-order valence-electron chi connectivity index (χ1n) is 22.2. The van der Waals surface area contributed by atoms with Crippen LogP contribution in [0.2, 0.25) is 10.0 Å². The van der Waals surface area contributed by atoms with Crippen LogP contribution in [0.3, 0.4) is 0 Å². The SMILES string of the molecule is Cc1cc(C)c(C)c(S(=O)(=O)N2CCN(c3nc(Cc4ccc(Cl)cc4Cl)cs3)CC2)c1C.Cc1ccc(C)c(Cc2csc(N3CCN(S(=O)(=O)c4c(C)c(C)cc(C)c4C)CC3)n2)c1. The van der Waals surface area contributed by atoms with E-state index in [2.05, 4.69) is 59.4 Å². The van der Waals surface area contributed by atoms with Gasteiger partial charge in [-0.3, -0.25) is 0 Å². The molecule has 2 aliphatic heterocycles. The Labute approximate surface area is 410 Å². The summed E-state index contributed by atoms with van der Waals surface area (Å²) in [7, 11) is -7.08. The Bertz CT molecular complexity index is 2940. The molecule has 0 N–H and O–H groups in total. The van der Waals surface area contributed by atoms with Gasteiger partial charge in [-0.25, -0.2) is 26.8 Å². The number of sulfonamides is 2. The first-order chi connectivity index (χ1) is 31.1. The highest BCUT2D eigenvalue weighted by Crippen LogP contribution is 2.33. The Morgan fingerprint density at radius 1 is 0.500 bits per heavy atom. The van der Waals surface area contributed by atoms with Gasteiger partial charge >= 0.3 is 0 Å². The average Bonchev–Trinajstić information content (AvgIpc) is 3.95. The standard InChI is InChI=1S/C26H33N3O2S2.C24H27Cl2N3O2S2/c1-17-7-8-18(2)23(13-17)15-24-16-32-26(27-24)28-9-11-29(12-10-28)33(30,31)25-21(5)19(3)14-20(4)22(25)6;1-15-11-16(2)18(4)23(17(15)3)33(30,31)29-9-7-28(8-10-29)24-27-21(14-32-24)12-19-5-6-20(25)13-22(19)26/h7-8,13-14,16H,9-12,15H2,1-6H3;5-6,11,13-14H,7-10,12H2,1-4H3. The molecule has 0 saturated carbocycles. The summed E-state index contributed by atoms with van der Waals surface area (Å²) in [6.07, 6.45) is 1.45. The fourth-order valence-electron chi connectivity index (χ4n) is 8.72. The van der Waals surface area contributed by atoms with Crippen molar-refractivity contribution in [3.8, 4) is 0 Å². The minimum absolute atomic E-state index is 0.437. The molecular formula is C50H60Cl2N6O4S4. The predicted molar refractivity (Wildman–Crippen MR) is 275 cm³/mol. The molecule has 0 aliphatic carbocycles. The molecule has 0 radical (unpaired) electrons. The summed E-state index contributed by atoms with van der Waals surface area (Å²) in [5, 5.41) is 7.29. The van der Waals surface area contributed by atoms with Crippen LogP contribution in [0, 0.1) is 69.2 Å². The summed E-state index contributed by atoms with van der Waals surface area (Å²) in [4.78, 5) is 15.0. The second-order valence-electron chi connectivity index (χ2n) is 17.7. The number of hydrogen-bond acceptors (Lipinski definition) is 10. The predicted octanol–water partition coefficient (Wildman–Crippen LogP) is 10.9. The summed E-state index contributed by atoms with van der Waals surface area (Å²) in [6, 6.07) is 16.1. The Morgan fingerprint density at radius 3 is 1.32 bits per heavy atom. The largest absolute Gasteiger partial charge is 0.345 e. The van der Waals surface area contributed by atoms with Crippen LogP contribution in [-0.2, 0) is 32.9 Å². The fourth-order valence-corrected chi connectivity index (χ4v) is 15.0. The van der Waals surface area contributed by atoms with Crippen molar-refractivity contribution < 1.29 is 16.8 Å². The second-order valence-corrected chi connectivity index (χ2v) is 24.0. The highest BCUT2D eigenvalue weighted by molar-refractivity contribution is 7.89. The van der Waals surface area contributed by atoms with E-state index in [1.165, 1.54) is 16.7 Å². The highest BCUT2D eigenvalue weighted by Gasteiger charge is 2.34. The maximum absolute atomic E-state index is 13.5. The van der Waals surface area contributed by atoms with Crippen LogP contribution >= 0.6 is 45.9 Å². The van der Waals surface area contributed by atoms with Crippen LogP contribution in [0.1, 0.15) is 78.1 Å². The van der Waals surface area contributed by atoms with E-state index in [0.29, 0.717) is 78.6 Å². The number of benzene rings is 4. The molecule has 352 valence electrons. The molecule has 6 aromatic rings. The summed E-state index contributed by atoms with van der Waals surface area (Å²) >= 11 is 15.5. The smallest absolute Gasteiger partial charge is 0.243 e. The van der Waals surface area contributed by atoms with Crippen molar-refractivity contribution in [3.63, 3.8) is 0 Å². The maximum atomic E-state index is 13.5. The molecule has 2 fully saturated rings. The number of nitrogens with zero attached hydrogens (tertiary/aromatic N) is 6. The fraction of sp³-hybridized carbons (Fsp3) is 0.400. The van der Waals surface area contributed by atoms with Gasteiger partial charge in [0.2, 0.25) is 20.0 Å². The Morgan fingerprint density at radius 2 is 0.909 bits per heavy atom. The number of hydrogen-bond donors (Lipinski definition) is 0. The Balaban J connectivity index is 0.000000196. The normalized spacial score (nSPS) is 15.3. The molecule has 2 saturated heterocycles. The molecule has 0 unspecified atom stereocenters. The minimum atomic E-state index is -3.55. The number of thiazole rings is 2. The van der Waals surface area contributed by atoms with Gasteiger partial charge in [0.05, 0.1) is 21.2 Å². The third kappa shape index (κ3) is 10.7. The van der Waals surface area contributed by atoms with E-state index in [-0.39, 0.29) is 0 Å². The second kappa shape index (κ2) is 20.4. The number of anilines is 2. The van der Waals surface area contributed by atoms with Crippen molar-refractivity contribution in [2.75, 3.05) is 62.2 Å². The quantitative estimate of drug-likeness (QED) is 0.134. The van der Waals surface area contributed by atoms with Gasteiger partial charge in [0.25, 0.3) is 0 Å². The third-order valence-electron chi connectivity index (χ3n) is 13.2. The molecule has 0 bridgehead atoms. The van der Waals surface area contributed by atoms with E-state index in [1.807, 2.05) is 72.9 Å². The molecule has 0 spiro atoms. The first-order valence-corrected chi connectivity index (χ1v) is 27.6. The average molecular weight is 1010 g/mol. The molecule has 2 aromatic heterocycles. The maximum Gasteiger partial charge on any atom is 0.243 e. The molecule has 0 atom stereocenters. The van der Waals surface area contributed by atoms with Crippen LogP contribution in [0.15, 0.2) is 69.1 Å². The van der Waals surface area contributed by atoms with Gasteiger partial charge in [-0.1, -0.05) is 65.2 Å². The van der Waals surface area contributed by atoms with Crippen molar-refractivity contribution in [1.29, 1.82) is 0 Å². The van der Waals surface area contributed by atoms with Gasteiger partial charge in [0.15, 0.2) is 10.3 Å². The number of aromatic nitrogens is 2. The highest BCUT2D eigenvalue weighted by atomic mass is 35.5. The van der Waals surface area contributed by atoms with Crippen LogP contribution in [0.25, 0.3) is 0 Å². The van der Waals surface area contributed by atoms with E-state index >= 15 is 0 Å². The van der Waals surface area contributed by atoms with Crippen LogP contribution in [0.5, 0.6) is 0 Å². The third-order valence-corrected chi connectivity index (χ3v) is 20.0. The monoisotopic (exact) mass is 1010 g/mol. The topological polar surface area (TPSA) is 107 Å². The van der Waals surface area contributed by atoms with Crippen molar-refractivity contribution in [3.05, 3.63) is 147 Å². The molecule has 10 nitrogen and oxygen atoms in total. The molecule has 2 aliphatic rings. The molecule has 66 heavy (non-hydrogen) atoms. The van der Waals surface area contributed by atoms with Crippen molar-refractivity contribution in [2.24, 2.45) is 0 Å². The number of piperazine rings is 2. The lowest BCUT2D eigenvalue weighted by atomic mass is 10.0. The zero-order chi connectivity index (χ0) is 47.8. The van der Waals surface area contributed by atoms with E-state index in [0.717, 1.165) is 78.1 Å². The van der Waals surface area contributed by atoms with E-state index in [9.17, 15) is 16.8 Å². The first kappa shape index (κ1) is 50.0. The van der Waals surface area contributed by atoms with Crippen LogP contribution in [0.4, 0.5) is 10.3 Å². The van der Waals surface area contributed by atoms with E-state index < -0.39 is 20.0 Å². The number of aryl methyl sites for hydroxylation is 6. The van der Waals surface area contributed by atoms with E-state index in [4.69, 9.17) is 33.2 Å². The van der Waals surface area contributed by atoms with E-state index in [1.54, 1.807) is 37.4 Å². The molecule has 8 rings (SSSR count). The van der Waals surface area contributed by atoms with Crippen LogP contribution < -0.4 is 9.80 Å². The van der Waals surface area contributed by atoms with Crippen molar-refractivity contribution in [2.45, 2.75) is 91.9 Å². The number of halogens is 2. The zero-order valence-corrected chi connectivity index (χ0v) is 44.3. The van der Waals surface area contributed by atoms with Gasteiger partial charge in [0.1, 0.15) is 0 Å². The Hall–Kier alpha value is -3.86. The molecule has 4 aromatic carbocycles. The van der Waals surface area contributed by atoms with Gasteiger partial charge in [-0.05, 0) is 143 Å². The van der Waals surface area contributed by atoms with Gasteiger partial charge in [-0.2, -0.15) is 8.61 Å². The summed E-state index contributed by atoms with van der Waals surface area (Å²) in [6.45, 7) is 24.1. The summed E-state index contributed by atoms with van der Waals surface area (Å²) < 4.78 is 57.4. The van der Waals surface area contributed by atoms with Gasteiger partial charge in [0, 0.05) is 86.0 Å². The summed E-state index contributed by atoms with van der Waals surface area (Å²) in [5.41, 5.74) is 14.3. The van der Waals surface area contributed by atoms with Gasteiger partial charge in [-0.15, -0.1) is 22.7 Å². The lowest BCUT2D eigenvalue weighted by molar-refractivity contribution is 0.383. The molecule has 4 heterocycles. The lowest BCUT2D eigenvalue weighted by Gasteiger charge is -2.34.